The molecule has 0 radical (unpaired) electrons. The zero-order valence-electron chi connectivity index (χ0n) is 15.1. The van der Waals surface area contributed by atoms with E-state index in [4.69, 9.17) is 0 Å². The van der Waals surface area contributed by atoms with Gasteiger partial charge < -0.3 is 4.90 Å². The number of hydrogen-bond acceptors (Lipinski definition) is 7. The molecule has 3 rings (SSSR count). The Morgan fingerprint density at radius 1 is 1.27 bits per heavy atom. The fourth-order valence-electron chi connectivity index (χ4n) is 2.78. The van der Waals surface area contributed by atoms with Crippen LogP contribution in [0, 0.1) is 13.8 Å². The van der Waals surface area contributed by atoms with Crippen molar-refractivity contribution < 1.29 is 4.79 Å². The minimum Gasteiger partial charge on any atom is -0.363 e. The number of aromatic nitrogens is 2. The Labute approximate surface area is 162 Å². The summed E-state index contributed by atoms with van der Waals surface area (Å²) in [4.78, 5) is 24.0. The molecular weight excluding hydrogens is 366 g/mol. The van der Waals surface area contributed by atoms with Crippen molar-refractivity contribution in [2.24, 2.45) is 5.10 Å². The number of anilines is 1. The monoisotopic (exact) mass is 389 g/mol. The standard InChI is InChI=1S/C18H23N5OS2/c1-13-10-14(2)21-18(20-13)25-12-16(24)22-19-11-15-6-7-17(26-15)23-8-4-3-5-9-23/h6-7,10-11H,3-5,8-9,12H2,1-2H3,(H,22,24)/b19-11+. The highest BCUT2D eigenvalue weighted by molar-refractivity contribution is 7.99. The molecule has 0 spiro atoms. The second-order valence-corrected chi connectivity index (χ2v) is 8.28. The molecule has 1 N–H and O–H groups in total. The van der Waals surface area contributed by atoms with E-state index in [-0.39, 0.29) is 11.7 Å². The van der Waals surface area contributed by atoms with Crippen LogP contribution in [0.4, 0.5) is 5.00 Å². The number of hydrazone groups is 1. The van der Waals surface area contributed by atoms with Crippen LogP contribution in [-0.2, 0) is 4.79 Å². The predicted octanol–water partition coefficient (Wildman–Crippen LogP) is 3.39. The lowest BCUT2D eigenvalue weighted by Gasteiger charge is -2.27. The van der Waals surface area contributed by atoms with Crippen molar-refractivity contribution in [3.8, 4) is 0 Å². The van der Waals surface area contributed by atoms with Crippen LogP contribution in [0.1, 0.15) is 35.5 Å². The van der Waals surface area contributed by atoms with Crippen molar-refractivity contribution in [1.82, 2.24) is 15.4 Å². The first-order chi connectivity index (χ1) is 12.6. The molecular formula is C18H23N5OS2. The van der Waals surface area contributed by atoms with Gasteiger partial charge in [-0.3, -0.25) is 4.79 Å². The highest BCUT2D eigenvalue weighted by Crippen LogP contribution is 2.27. The Hall–Kier alpha value is -1.93. The lowest BCUT2D eigenvalue weighted by Crippen LogP contribution is -2.28. The number of thiophene rings is 1. The van der Waals surface area contributed by atoms with E-state index in [1.54, 1.807) is 17.6 Å². The molecule has 1 aliphatic rings. The second kappa shape index (κ2) is 9.14. The molecule has 1 saturated heterocycles. The minimum absolute atomic E-state index is 0.165. The molecule has 138 valence electrons. The number of amides is 1. The number of carbonyl (C=O) groups excluding carboxylic acids is 1. The van der Waals surface area contributed by atoms with Crippen molar-refractivity contribution in [1.29, 1.82) is 0 Å². The maximum Gasteiger partial charge on any atom is 0.250 e. The van der Waals surface area contributed by atoms with Gasteiger partial charge >= 0.3 is 0 Å². The summed E-state index contributed by atoms with van der Waals surface area (Å²) in [5.74, 6) is 0.0748. The number of thioether (sulfide) groups is 1. The molecule has 1 amide bonds. The Kier molecular flexibility index (Phi) is 6.62. The van der Waals surface area contributed by atoms with Crippen LogP contribution < -0.4 is 10.3 Å². The number of piperidine rings is 1. The first-order valence-corrected chi connectivity index (χ1v) is 10.5. The second-order valence-electron chi connectivity index (χ2n) is 6.24. The van der Waals surface area contributed by atoms with Crippen molar-refractivity contribution >= 4 is 40.2 Å². The van der Waals surface area contributed by atoms with Crippen molar-refractivity contribution in [3.05, 3.63) is 34.5 Å². The summed E-state index contributed by atoms with van der Waals surface area (Å²) in [7, 11) is 0. The van der Waals surface area contributed by atoms with Gasteiger partial charge in [0.25, 0.3) is 5.91 Å². The Morgan fingerprint density at radius 3 is 2.73 bits per heavy atom. The number of hydrogen-bond donors (Lipinski definition) is 1. The summed E-state index contributed by atoms with van der Waals surface area (Å²) in [6.07, 6.45) is 5.56. The largest absolute Gasteiger partial charge is 0.363 e. The van der Waals surface area contributed by atoms with E-state index in [2.05, 4.69) is 31.5 Å². The van der Waals surface area contributed by atoms with Crippen LogP contribution in [0.25, 0.3) is 0 Å². The third kappa shape index (κ3) is 5.54. The van der Waals surface area contributed by atoms with Crippen molar-refractivity contribution in [2.45, 2.75) is 38.3 Å². The van der Waals surface area contributed by atoms with E-state index < -0.39 is 0 Å². The molecule has 6 nitrogen and oxygen atoms in total. The summed E-state index contributed by atoms with van der Waals surface area (Å²) >= 11 is 3.02. The molecule has 8 heteroatoms. The van der Waals surface area contributed by atoms with Gasteiger partial charge in [0.1, 0.15) is 0 Å². The highest BCUT2D eigenvalue weighted by Gasteiger charge is 2.12. The van der Waals surface area contributed by atoms with Crippen LogP contribution in [0.5, 0.6) is 0 Å². The lowest BCUT2D eigenvalue weighted by atomic mass is 10.1. The van der Waals surface area contributed by atoms with Crippen molar-refractivity contribution in [2.75, 3.05) is 23.7 Å². The van der Waals surface area contributed by atoms with Gasteiger partial charge in [0, 0.05) is 29.4 Å². The highest BCUT2D eigenvalue weighted by atomic mass is 32.2. The summed E-state index contributed by atoms with van der Waals surface area (Å²) < 4.78 is 0. The lowest BCUT2D eigenvalue weighted by molar-refractivity contribution is -0.118. The van der Waals surface area contributed by atoms with Crippen LogP contribution in [0.3, 0.4) is 0 Å². The molecule has 0 aliphatic carbocycles. The molecule has 1 fully saturated rings. The number of rotatable bonds is 6. The third-order valence-corrected chi connectivity index (χ3v) is 5.88. The molecule has 3 heterocycles. The van der Waals surface area contributed by atoms with E-state index in [1.165, 1.54) is 36.0 Å². The first kappa shape index (κ1) is 18.8. The van der Waals surface area contributed by atoms with Crippen LogP contribution in [0.2, 0.25) is 0 Å². The maximum atomic E-state index is 11.9. The quantitative estimate of drug-likeness (QED) is 0.355. The van der Waals surface area contributed by atoms with E-state index in [1.807, 2.05) is 26.0 Å². The van der Waals surface area contributed by atoms with Gasteiger partial charge in [-0.1, -0.05) is 11.8 Å². The van der Waals surface area contributed by atoms with Gasteiger partial charge in [0.15, 0.2) is 5.16 Å². The van der Waals surface area contributed by atoms with Gasteiger partial charge in [0.05, 0.1) is 17.0 Å². The Bertz CT molecular complexity index is 763. The van der Waals surface area contributed by atoms with Gasteiger partial charge in [-0.25, -0.2) is 15.4 Å². The SMILES string of the molecule is Cc1cc(C)nc(SCC(=O)N/N=C/c2ccc(N3CCCCC3)s2)n1. The minimum atomic E-state index is -0.165. The molecule has 2 aromatic rings. The number of nitrogens with one attached hydrogen (secondary N) is 1. The Morgan fingerprint density at radius 2 is 2.00 bits per heavy atom. The van der Waals surface area contributed by atoms with Gasteiger partial charge in [-0.2, -0.15) is 5.10 Å². The molecule has 26 heavy (non-hydrogen) atoms. The summed E-state index contributed by atoms with van der Waals surface area (Å²) in [6, 6.07) is 6.09. The number of aryl methyl sites for hydroxylation is 2. The molecule has 2 aromatic heterocycles. The summed E-state index contributed by atoms with van der Waals surface area (Å²) in [5.41, 5.74) is 4.37. The van der Waals surface area contributed by atoms with Gasteiger partial charge in [0.2, 0.25) is 0 Å². The van der Waals surface area contributed by atoms with E-state index >= 15 is 0 Å². The van der Waals surface area contributed by atoms with Gasteiger partial charge in [-0.05, 0) is 51.3 Å². The van der Waals surface area contributed by atoms with E-state index in [0.29, 0.717) is 5.16 Å². The molecule has 0 bridgehead atoms. The molecule has 0 atom stereocenters. The first-order valence-electron chi connectivity index (χ1n) is 8.72. The fourth-order valence-corrected chi connectivity index (χ4v) is 4.46. The molecule has 0 aromatic carbocycles. The summed E-state index contributed by atoms with van der Waals surface area (Å²) in [6.45, 7) is 6.10. The zero-order chi connectivity index (χ0) is 18.4. The van der Waals surface area contributed by atoms with Crippen LogP contribution in [0.15, 0.2) is 28.5 Å². The van der Waals surface area contributed by atoms with Gasteiger partial charge in [-0.15, -0.1) is 11.3 Å². The van der Waals surface area contributed by atoms with Crippen LogP contribution >= 0.6 is 23.1 Å². The number of carbonyl (C=O) groups is 1. The van der Waals surface area contributed by atoms with Crippen LogP contribution in [-0.4, -0.2) is 40.9 Å². The third-order valence-electron chi connectivity index (χ3n) is 3.96. The predicted molar refractivity (Wildman–Crippen MR) is 108 cm³/mol. The molecule has 1 aliphatic heterocycles. The average Bonchev–Trinajstić information content (AvgIpc) is 3.09. The van der Waals surface area contributed by atoms with Crippen molar-refractivity contribution in [3.63, 3.8) is 0 Å². The molecule has 0 saturated carbocycles. The summed E-state index contributed by atoms with van der Waals surface area (Å²) in [5, 5.41) is 5.96. The Balaban J connectivity index is 1.46. The number of nitrogens with zero attached hydrogens (tertiary/aromatic N) is 4. The fraction of sp³-hybridized carbons (Fsp3) is 0.444. The normalized spacial score (nSPS) is 14.8. The maximum absolute atomic E-state index is 11.9. The smallest absolute Gasteiger partial charge is 0.250 e. The van der Waals surface area contributed by atoms with E-state index in [0.717, 1.165) is 29.4 Å². The van der Waals surface area contributed by atoms with E-state index in [9.17, 15) is 4.79 Å². The molecule has 0 unspecified atom stereocenters. The average molecular weight is 390 g/mol. The topological polar surface area (TPSA) is 70.5 Å². The zero-order valence-corrected chi connectivity index (χ0v) is 16.7.